The Kier molecular flexibility index (Phi) is 4.13. The zero-order valence-electron chi connectivity index (χ0n) is 10.3. The highest BCUT2D eigenvalue weighted by molar-refractivity contribution is 5.59. The minimum absolute atomic E-state index is 0.0975. The molecule has 2 rings (SSSR count). The number of anilines is 1. The monoisotopic (exact) mass is 249 g/mol. The van der Waals surface area contributed by atoms with E-state index in [2.05, 4.69) is 10.2 Å². The molecule has 1 aromatic carbocycles. The molecule has 1 aromatic rings. The Morgan fingerprint density at radius 1 is 1.61 bits per heavy atom. The predicted molar refractivity (Wildman–Crippen MR) is 67.0 cm³/mol. The number of nitriles is 1. The Bertz CT molecular complexity index is 456. The summed E-state index contributed by atoms with van der Waals surface area (Å²) in [5.41, 5.74) is 1.16. The molecule has 96 valence electrons. The van der Waals surface area contributed by atoms with Crippen molar-refractivity contribution in [3.63, 3.8) is 0 Å². The summed E-state index contributed by atoms with van der Waals surface area (Å²) in [6.45, 7) is 2.82. The lowest BCUT2D eigenvalue weighted by Gasteiger charge is -2.34. The Morgan fingerprint density at radius 2 is 2.44 bits per heavy atom. The fourth-order valence-electron chi connectivity index (χ4n) is 2.16. The summed E-state index contributed by atoms with van der Waals surface area (Å²) in [6, 6.07) is 6.37. The molecular formula is C13H16FN3O. The number of hydrogen-bond acceptors (Lipinski definition) is 4. The molecule has 1 aliphatic heterocycles. The van der Waals surface area contributed by atoms with Gasteiger partial charge in [-0.05, 0) is 25.2 Å². The molecule has 5 heteroatoms. The number of ether oxygens (including phenoxy) is 1. The second kappa shape index (κ2) is 5.80. The maximum Gasteiger partial charge on any atom is 0.124 e. The average molecular weight is 249 g/mol. The Hall–Kier alpha value is -1.64. The molecule has 0 aliphatic carbocycles. The summed E-state index contributed by atoms with van der Waals surface area (Å²) < 4.78 is 18.7. The van der Waals surface area contributed by atoms with Crippen LogP contribution in [0.3, 0.4) is 0 Å². The number of nitrogens with one attached hydrogen (secondary N) is 1. The normalized spacial score (nSPS) is 19.6. The van der Waals surface area contributed by atoms with Crippen LogP contribution in [0, 0.1) is 17.1 Å². The van der Waals surface area contributed by atoms with Gasteiger partial charge in [-0.2, -0.15) is 5.26 Å². The highest BCUT2D eigenvalue weighted by atomic mass is 19.1. The van der Waals surface area contributed by atoms with E-state index >= 15 is 0 Å². The molecule has 0 radical (unpaired) electrons. The summed E-state index contributed by atoms with van der Waals surface area (Å²) in [6.07, 6.45) is 0.0975. The summed E-state index contributed by atoms with van der Waals surface area (Å²) in [4.78, 5) is 2.07. The number of likely N-dealkylation sites (N-methyl/N-ethyl adjacent to an activating group) is 1. The predicted octanol–water partition coefficient (Wildman–Crippen LogP) is 1.12. The first-order valence-electron chi connectivity index (χ1n) is 5.95. The SMILES string of the molecule is CNCC1CN(c2ccc(F)cc2C#N)CCO1. The molecule has 1 saturated heterocycles. The summed E-state index contributed by atoms with van der Waals surface area (Å²) in [7, 11) is 1.88. The smallest absolute Gasteiger partial charge is 0.124 e. The maximum atomic E-state index is 13.1. The van der Waals surface area contributed by atoms with Crippen LogP contribution in [-0.2, 0) is 4.74 Å². The Morgan fingerprint density at radius 3 is 3.17 bits per heavy atom. The third-order valence-corrected chi connectivity index (χ3v) is 2.99. The lowest BCUT2D eigenvalue weighted by atomic mass is 10.1. The average Bonchev–Trinajstić information content (AvgIpc) is 2.39. The van der Waals surface area contributed by atoms with Crippen molar-refractivity contribution in [2.45, 2.75) is 6.10 Å². The van der Waals surface area contributed by atoms with Crippen molar-refractivity contribution in [2.75, 3.05) is 38.2 Å². The summed E-state index contributed by atoms with van der Waals surface area (Å²) in [5.74, 6) is -0.379. The third-order valence-electron chi connectivity index (χ3n) is 2.99. The van der Waals surface area contributed by atoms with E-state index in [4.69, 9.17) is 10.00 Å². The van der Waals surface area contributed by atoms with Crippen molar-refractivity contribution in [3.8, 4) is 6.07 Å². The summed E-state index contributed by atoms with van der Waals surface area (Å²) >= 11 is 0. The fourth-order valence-corrected chi connectivity index (χ4v) is 2.16. The number of benzene rings is 1. The van der Waals surface area contributed by atoms with Crippen LogP contribution in [-0.4, -0.2) is 39.4 Å². The van der Waals surface area contributed by atoms with Gasteiger partial charge in [0.25, 0.3) is 0 Å². The van der Waals surface area contributed by atoms with Crippen molar-refractivity contribution >= 4 is 5.69 Å². The molecule has 18 heavy (non-hydrogen) atoms. The van der Waals surface area contributed by atoms with E-state index in [0.29, 0.717) is 18.7 Å². The highest BCUT2D eigenvalue weighted by Gasteiger charge is 2.22. The van der Waals surface area contributed by atoms with Crippen molar-refractivity contribution in [1.29, 1.82) is 5.26 Å². The van der Waals surface area contributed by atoms with E-state index in [1.54, 1.807) is 6.07 Å². The molecule has 0 amide bonds. The van der Waals surface area contributed by atoms with Gasteiger partial charge >= 0.3 is 0 Å². The lowest BCUT2D eigenvalue weighted by molar-refractivity contribution is 0.0421. The van der Waals surface area contributed by atoms with E-state index in [1.165, 1.54) is 12.1 Å². The van der Waals surface area contributed by atoms with Crippen LogP contribution in [0.25, 0.3) is 0 Å². The second-order valence-corrected chi connectivity index (χ2v) is 4.27. The zero-order valence-corrected chi connectivity index (χ0v) is 10.3. The van der Waals surface area contributed by atoms with Gasteiger partial charge in [-0.3, -0.25) is 0 Å². The fraction of sp³-hybridized carbons (Fsp3) is 0.462. The van der Waals surface area contributed by atoms with E-state index in [0.717, 1.165) is 18.8 Å². The third kappa shape index (κ3) is 2.78. The quantitative estimate of drug-likeness (QED) is 0.872. The molecule has 0 aromatic heterocycles. The van der Waals surface area contributed by atoms with Gasteiger partial charge < -0.3 is 15.0 Å². The van der Waals surface area contributed by atoms with Crippen LogP contribution < -0.4 is 10.2 Å². The van der Waals surface area contributed by atoms with Gasteiger partial charge in [-0.1, -0.05) is 0 Å². The van der Waals surface area contributed by atoms with Crippen LogP contribution in [0.5, 0.6) is 0 Å². The molecule has 1 unspecified atom stereocenters. The van der Waals surface area contributed by atoms with E-state index < -0.39 is 0 Å². The van der Waals surface area contributed by atoms with Gasteiger partial charge in [0.2, 0.25) is 0 Å². The number of halogens is 1. The standard InChI is InChI=1S/C13H16FN3O/c1-16-8-12-9-17(4-5-18-12)13-3-2-11(14)6-10(13)7-15/h2-3,6,12,16H,4-5,8-9H2,1H3. The van der Waals surface area contributed by atoms with E-state index in [9.17, 15) is 4.39 Å². The molecule has 0 saturated carbocycles. The van der Waals surface area contributed by atoms with Crippen molar-refractivity contribution in [1.82, 2.24) is 5.32 Å². The number of nitrogens with zero attached hydrogens (tertiary/aromatic N) is 2. The molecule has 1 aliphatic rings. The first kappa shape index (κ1) is 12.8. The van der Waals surface area contributed by atoms with Crippen LogP contribution in [0.15, 0.2) is 18.2 Å². The zero-order chi connectivity index (χ0) is 13.0. The molecule has 0 bridgehead atoms. The van der Waals surface area contributed by atoms with Gasteiger partial charge in [0.15, 0.2) is 0 Å². The van der Waals surface area contributed by atoms with Crippen LogP contribution in [0.1, 0.15) is 5.56 Å². The summed E-state index contributed by atoms with van der Waals surface area (Å²) in [5, 5.41) is 12.1. The number of rotatable bonds is 3. The van der Waals surface area contributed by atoms with Gasteiger partial charge in [0.05, 0.1) is 24.0 Å². The largest absolute Gasteiger partial charge is 0.373 e. The minimum Gasteiger partial charge on any atom is -0.373 e. The Balaban J connectivity index is 2.18. The first-order chi connectivity index (χ1) is 8.74. The number of hydrogen-bond donors (Lipinski definition) is 1. The van der Waals surface area contributed by atoms with Gasteiger partial charge in [-0.15, -0.1) is 0 Å². The van der Waals surface area contributed by atoms with Crippen molar-refractivity contribution in [2.24, 2.45) is 0 Å². The maximum absolute atomic E-state index is 13.1. The van der Waals surface area contributed by atoms with Crippen molar-refractivity contribution < 1.29 is 9.13 Å². The van der Waals surface area contributed by atoms with Crippen LogP contribution >= 0.6 is 0 Å². The molecule has 1 heterocycles. The van der Waals surface area contributed by atoms with Gasteiger partial charge in [0, 0.05) is 19.6 Å². The van der Waals surface area contributed by atoms with Crippen molar-refractivity contribution in [3.05, 3.63) is 29.6 Å². The molecule has 1 atom stereocenters. The molecule has 0 spiro atoms. The molecule has 4 nitrogen and oxygen atoms in total. The lowest BCUT2D eigenvalue weighted by Crippen LogP contribution is -2.46. The molecular weight excluding hydrogens is 233 g/mol. The topological polar surface area (TPSA) is 48.3 Å². The molecule has 1 fully saturated rings. The minimum atomic E-state index is -0.379. The van der Waals surface area contributed by atoms with Gasteiger partial charge in [0.1, 0.15) is 11.9 Å². The Labute approximate surface area is 106 Å². The number of morpholine rings is 1. The van der Waals surface area contributed by atoms with Crippen LogP contribution in [0.4, 0.5) is 10.1 Å². The first-order valence-corrected chi connectivity index (χ1v) is 5.95. The molecule has 1 N–H and O–H groups in total. The second-order valence-electron chi connectivity index (χ2n) is 4.27. The van der Waals surface area contributed by atoms with Gasteiger partial charge in [-0.25, -0.2) is 4.39 Å². The highest BCUT2D eigenvalue weighted by Crippen LogP contribution is 2.23. The van der Waals surface area contributed by atoms with E-state index in [1.807, 2.05) is 13.1 Å². The van der Waals surface area contributed by atoms with E-state index in [-0.39, 0.29) is 11.9 Å². The van der Waals surface area contributed by atoms with Crippen LogP contribution in [0.2, 0.25) is 0 Å².